The zero-order chi connectivity index (χ0) is 63.0. The first-order valence-corrected chi connectivity index (χ1v) is 37.9. The van der Waals surface area contributed by atoms with Gasteiger partial charge in [-0.3, -0.25) is 18.6 Å². The SMILES string of the molecule is CC/C=C\C/C=C\C/C=C\C/C=C\C/C=C\C/C=C\C/C=C\C/C=C\CCCCCCCCC(=O)OC(COC(=O)CCCCCCCCCCCCCCCCCCCCCCCCC/C=C\CCCCCCCCCC)COP(=O)(O)OCCN. The second-order valence-corrected chi connectivity index (χ2v) is 25.5. The highest BCUT2D eigenvalue weighted by molar-refractivity contribution is 7.47. The van der Waals surface area contributed by atoms with Crippen molar-refractivity contribution >= 4 is 19.8 Å². The predicted molar refractivity (Wildman–Crippen MR) is 376 cm³/mol. The molecule has 0 spiro atoms. The zero-order valence-corrected chi connectivity index (χ0v) is 57.4. The molecule has 0 amide bonds. The number of carbonyl (C=O) groups is 2. The Bertz CT molecular complexity index is 1800. The van der Waals surface area contributed by atoms with E-state index in [1.54, 1.807) is 0 Å². The van der Waals surface area contributed by atoms with E-state index in [4.69, 9.17) is 24.3 Å². The third kappa shape index (κ3) is 71.6. The minimum atomic E-state index is -4.40. The number of esters is 2. The van der Waals surface area contributed by atoms with Gasteiger partial charge in [-0.15, -0.1) is 0 Å². The van der Waals surface area contributed by atoms with E-state index in [1.807, 2.05) is 0 Å². The molecule has 0 radical (unpaired) electrons. The van der Waals surface area contributed by atoms with Crippen molar-refractivity contribution in [2.45, 2.75) is 341 Å². The van der Waals surface area contributed by atoms with E-state index in [-0.39, 0.29) is 38.6 Å². The first-order chi connectivity index (χ1) is 42.8. The van der Waals surface area contributed by atoms with E-state index in [0.717, 1.165) is 109 Å². The van der Waals surface area contributed by atoms with Crippen molar-refractivity contribution in [2.75, 3.05) is 26.4 Å². The number of unbranched alkanes of at least 4 members (excludes halogenated alkanes) is 37. The van der Waals surface area contributed by atoms with Gasteiger partial charge in [0.05, 0.1) is 13.2 Å². The summed E-state index contributed by atoms with van der Waals surface area (Å²) in [4.78, 5) is 35.4. The number of ether oxygens (including phenoxy) is 2. The lowest BCUT2D eigenvalue weighted by atomic mass is 10.0. The molecule has 3 N–H and O–H groups in total. The van der Waals surface area contributed by atoms with E-state index >= 15 is 0 Å². The van der Waals surface area contributed by atoms with Crippen LogP contribution in [0.1, 0.15) is 335 Å². The molecule has 0 aromatic heterocycles. The summed E-state index contributed by atoms with van der Waals surface area (Å²) in [6.45, 7) is 3.64. The Hall–Kier alpha value is -3.33. The number of allylic oxidation sites excluding steroid dienone is 18. The zero-order valence-electron chi connectivity index (χ0n) is 56.5. The Kier molecular flexibility index (Phi) is 69.0. The van der Waals surface area contributed by atoms with Crippen LogP contribution in [0, 0.1) is 0 Å². The second-order valence-electron chi connectivity index (χ2n) is 24.1. The van der Waals surface area contributed by atoms with E-state index in [1.165, 1.54) is 193 Å². The molecule has 0 heterocycles. The maximum absolute atomic E-state index is 12.8. The van der Waals surface area contributed by atoms with Gasteiger partial charge in [0.25, 0.3) is 0 Å². The summed E-state index contributed by atoms with van der Waals surface area (Å²) in [6.07, 6.45) is 99.1. The molecule has 0 aromatic rings. The summed E-state index contributed by atoms with van der Waals surface area (Å²) in [5, 5.41) is 0. The highest BCUT2D eigenvalue weighted by atomic mass is 31.2. The van der Waals surface area contributed by atoms with Crippen LogP contribution in [0.2, 0.25) is 0 Å². The number of phosphoric ester groups is 1. The van der Waals surface area contributed by atoms with Crippen molar-refractivity contribution in [1.82, 2.24) is 0 Å². The van der Waals surface area contributed by atoms with Crippen LogP contribution in [0.15, 0.2) is 109 Å². The van der Waals surface area contributed by atoms with Crippen molar-refractivity contribution in [3.8, 4) is 0 Å². The normalized spacial score (nSPS) is 13.6. The molecule has 0 aliphatic rings. The average molecular weight is 1230 g/mol. The quantitative estimate of drug-likeness (QED) is 0.0264. The van der Waals surface area contributed by atoms with Crippen LogP contribution in [0.25, 0.3) is 0 Å². The summed E-state index contributed by atoms with van der Waals surface area (Å²) in [7, 11) is -4.40. The maximum atomic E-state index is 12.8. The number of carbonyl (C=O) groups excluding carboxylic acids is 2. The van der Waals surface area contributed by atoms with E-state index in [0.29, 0.717) is 6.42 Å². The van der Waals surface area contributed by atoms with Crippen LogP contribution in [-0.4, -0.2) is 49.3 Å². The van der Waals surface area contributed by atoms with Crippen LogP contribution < -0.4 is 5.73 Å². The van der Waals surface area contributed by atoms with E-state index in [9.17, 15) is 19.0 Å². The molecule has 502 valence electrons. The topological polar surface area (TPSA) is 134 Å². The molecule has 0 fully saturated rings. The number of rotatable bonds is 68. The molecule has 0 saturated heterocycles. The van der Waals surface area contributed by atoms with Gasteiger partial charge in [-0.25, -0.2) is 4.57 Å². The summed E-state index contributed by atoms with van der Waals surface area (Å²) in [5.41, 5.74) is 5.40. The van der Waals surface area contributed by atoms with Gasteiger partial charge in [0.1, 0.15) is 6.61 Å². The van der Waals surface area contributed by atoms with Gasteiger partial charge in [-0.2, -0.15) is 0 Å². The minimum absolute atomic E-state index is 0.0468. The molecule has 2 unspecified atom stereocenters. The van der Waals surface area contributed by atoms with Crippen molar-refractivity contribution in [1.29, 1.82) is 0 Å². The molecular weight excluding hydrogens is 1100 g/mol. The molecule has 0 aliphatic heterocycles. The van der Waals surface area contributed by atoms with Gasteiger partial charge in [-0.05, 0) is 103 Å². The fourth-order valence-electron chi connectivity index (χ4n) is 10.3. The summed E-state index contributed by atoms with van der Waals surface area (Å²) in [6, 6.07) is 0. The second kappa shape index (κ2) is 71.7. The standard InChI is InChI=1S/C77H136NO8P/c1-3-5-7-9-11-13-15-17-19-21-23-25-27-29-31-33-35-36-37-38-40-41-43-45-47-49-51-53-55-57-59-61-63-65-67-69-76(79)83-73-75(74-85-87(81,82)84-72-71-78)86-77(80)70-68-66-64-62-60-58-56-54-52-50-48-46-44-42-39-34-32-30-28-26-24-22-20-18-16-14-12-10-8-6-4-2/h6,8,12,14,18,20-21,23-24,26,30,32,39,42,46,48,52,54,75H,3-5,7,9-11,13,15-17,19,22,25,27-29,31,33-38,40-41,43-45,47,49-51,53,55-74,78H2,1-2H3,(H,81,82)/b8-6-,14-12-,20-18-,23-21-,26-24-,32-30-,42-39-,48-46-,54-52-. The molecule has 0 saturated carbocycles. The van der Waals surface area contributed by atoms with Gasteiger partial charge in [0.15, 0.2) is 6.10 Å². The largest absolute Gasteiger partial charge is 0.472 e. The average Bonchev–Trinajstić information content (AvgIpc) is 3.66. The maximum Gasteiger partial charge on any atom is 0.472 e. The molecule has 87 heavy (non-hydrogen) atoms. The van der Waals surface area contributed by atoms with Crippen LogP contribution in [0.4, 0.5) is 0 Å². The Balaban J connectivity index is 3.89. The van der Waals surface area contributed by atoms with Crippen LogP contribution >= 0.6 is 7.82 Å². The lowest BCUT2D eigenvalue weighted by molar-refractivity contribution is -0.161. The number of phosphoric acid groups is 1. The first-order valence-electron chi connectivity index (χ1n) is 36.4. The third-order valence-electron chi connectivity index (χ3n) is 15.6. The number of hydrogen-bond donors (Lipinski definition) is 2. The Morgan fingerprint density at radius 3 is 0.954 bits per heavy atom. The third-order valence-corrected chi connectivity index (χ3v) is 16.6. The van der Waals surface area contributed by atoms with Crippen molar-refractivity contribution in [3.63, 3.8) is 0 Å². The lowest BCUT2D eigenvalue weighted by Crippen LogP contribution is -2.29. The highest BCUT2D eigenvalue weighted by Gasteiger charge is 2.26. The Morgan fingerprint density at radius 1 is 0.356 bits per heavy atom. The molecule has 10 heteroatoms. The molecule has 9 nitrogen and oxygen atoms in total. The van der Waals surface area contributed by atoms with Gasteiger partial charge < -0.3 is 20.1 Å². The van der Waals surface area contributed by atoms with Crippen molar-refractivity contribution in [2.24, 2.45) is 5.73 Å². The molecular formula is C77H136NO8P. The summed E-state index contributed by atoms with van der Waals surface area (Å²) < 4.78 is 33.2. The smallest absolute Gasteiger partial charge is 0.462 e. The van der Waals surface area contributed by atoms with E-state index in [2.05, 4.69) is 123 Å². The first kappa shape index (κ1) is 83.7. The Morgan fingerprint density at radius 2 is 0.632 bits per heavy atom. The Labute approximate surface area is 537 Å². The number of hydrogen-bond acceptors (Lipinski definition) is 8. The predicted octanol–water partition coefficient (Wildman–Crippen LogP) is 24.1. The van der Waals surface area contributed by atoms with Crippen molar-refractivity contribution in [3.05, 3.63) is 109 Å². The monoisotopic (exact) mass is 1230 g/mol. The molecule has 0 bridgehead atoms. The summed E-state index contributed by atoms with van der Waals surface area (Å²) >= 11 is 0. The van der Waals surface area contributed by atoms with Crippen LogP contribution in [0.3, 0.4) is 0 Å². The minimum Gasteiger partial charge on any atom is -0.462 e. The molecule has 2 atom stereocenters. The number of nitrogens with two attached hydrogens (primary N) is 1. The van der Waals surface area contributed by atoms with Gasteiger partial charge in [-0.1, -0.05) is 329 Å². The molecule has 0 aliphatic carbocycles. The van der Waals surface area contributed by atoms with Crippen molar-refractivity contribution < 1.29 is 37.6 Å². The van der Waals surface area contributed by atoms with Gasteiger partial charge in [0, 0.05) is 19.4 Å². The highest BCUT2D eigenvalue weighted by Crippen LogP contribution is 2.43. The van der Waals surface area contributed by atoms with Gasteiger partial charge in [0.2, 0.25) is 0 Å². The van der Waals surface area contributed by atoms with E-state index < -0.39 is 26.5 Å². The molecule has 0 rings (SSSR count). The fraction of sp³-hybridized carbons (Fsp3) is 0.740. The van der Waals surface area contributed by atoms with Gasteiger partial charge >= 0.3 is 19.8 Å². The summed E-state index contributed by atoms with van der Waals surface area (Å²) in [5.74, 6) is -0.838. The van der Waals surface area contributed by atoms with Crippen LogP contribution in [0.5, 0.6) is 0 Å². The molecule has 0 aromatic carbocycles. The fourth-order valence-corrected chi connectivity index (χ4v) is 11.1. The lowest BCUT2D eigenvalue weighted by Gasteiger charge is -2.19. The van der Waals surface area contributed by atoms with Crippen LogP contribution in [-0.2, 0) is 32.7 Å².